The minimum Gasteiger partial charge on any atom is -0.483 e. The maximum Gasteiger partial charge on any atom is 0.318 e. The summed E-state index contributed by atoms with van der Waals surface area (Å²) >= 11 is 0. The first-order valence-electron chi connectivity index (χ1n) is 16.1. The van der Waals surface area contributed by atoms with Crippen molar-refractivity contribution >= 4 is 23.6 Å². The summed E-state index contributed by atoms with van der Waals surface area (Å²) in [7, 11) is 0. The van der Waals surface area contributed by atoms with Crippen LogP contribution in [0.15, 0.2) is 78.9 Å². The van der Waals surface area contributed by atoms with Gasteiger partial charge in [0.05, 0.1) is 25.2 Å². The summed E-state index contributed by atoms with van der Waals surface area (Å²) in [5.41, 5.74) is 3.72. The van der Waals surface area contributed by atoms with Crippen LogP contribution < -0.4 is 20.7 Å². The number of hydrogen-bond acceptors (Lipinski definition) is 6. The SMILES string of the molecule is Cc1cccc(C)c1OCC(=O)N[C@@H](Cc1ccccc1)[C@@H](O)C[C@H](Cc1ccccc1)NC(=O)[C@H](C(C)C)N1CC(=O)CNC1=O. The normalized spacial score (nSPS) is 15.7. The molecule has 1 saturated heterocycles. The Balaban J connectivity index is 1.53. The van der Waals surface area contributed by atoms with Crippen molar-refractivity contribution in [2.24, 2.45) is 5.92 Å². The fourth-order valence-corrected chi connectivity index (χ4v) is 6.02. The van der Waals surface area contributed by atoms with E-state index in [0.717, 1.165) is 22.3 Å². The number of benzene rings is 3. The van der Waals surface area contributed by atoms with Crippen LogP contribution in [-0.2, 0) is 27.2 Å². The van der Waals surface area contributed by atoms with Crippen LogP contribution in [0.3, 0.4) is 0 Å². The first-order chi connectivity index (χ1) is 22.5. The fraction of sp³-hybridized carbons (Fsp3) is 0.405. The highest BCUT2D eigenvalue weighted by Crippen LogP contribution is 2.22. The first-order valence-corrected chi connectivity index (χ1v) is 16.1. The minimum absolute atomic E-state index is 0.0608. The Morgan fingerprint density at radius 3 is 2.06 bits per heavy atom. The third-order valence-electron chi connectivity index (χ3n) is 8.34. The molecule has 0 saturated carbocycles. The van der Waals surface area contributed by atoms with Gasteiger partial charge in [-0.15, -0.1) is 0 Å². The number of carbonyl (C=O) groups is 4. The molecule has 3 aromatic carbocycles. The van der Waals surface area contributed by atoms with Gasteiger partial charge < -0.3 is 30.7 Å². The lowest BCUT2D eigenvalue weighted by molar-refractivity contribution is -0.130. The minimum atomic E-state index is -1.05. The predicted molar refractivity (Wildman–Crippen MR) is 180 cm³/mol. The molecule has 10 heteroatoms. The molecule has 4 N–H and O–H groups in total. The number of carbonyl (C=O) groups excluding carboxylic acids is 4. The number of urea groups is 1. The van der Waals surface area contributed by atoms with Gasteiger partial charge in [-0.2, -0.15) is 0 Å². The summed E-state index contributed by atoms with van der Waals surface area (Å²) in [6, 6.07) is 22.3. The van der Waals surface area contributed by atoms with Crippen LogP contribution in [0.2, 0.25) is 0 Å². The molecule has 250 valence electrons. The zero-order valence-electron chi connectivity index (χ0n) is 27.6. The summed E-state index contributed by atoms with van der Waals surface area (Å²) < 4.78 is 5.88. The van der Waals surface area contributed by atoms with Gasteiger partial charge in [-0.1, -0.05) is 92.7 Å². The number of nitrogens with zero attached hydrogens (tertiary/aromatic N) is 1. The Hall–Kier alpha value is -4.70. The highest BCUT2D eigenvalue weighted by molar-refractivity contribution is 5.96. The highest BCUT2D eigenvalue weighted by atomic mass is 16.5. The lowest BCUT2D eigenvalue weighted by atomic mass is 9.92. The van der Waals surface area contributed by atoms with E-state index in [1.807, 2.05) is 107 Å². The molecule has 4 atom stereocenters. The van der Waals surface area contributed by atoms with Crippen molar-refractivity contribution in [3.8, 4) is 5.75 Å². The molecule has 4 amide bonds. The van der Waals surface area contributed by atoms with Crippen molar-refractivity contribution in [3.63, 3.8) is 0 Å². The molecular weight excluding hydrogens is 596 g/mol. The number of amides is 4. The summed E-state index contributed by atoms with van der Waals surface area (Å²) in [6.07, 6.45) is -0.174. The zero-order chi connectivity index (χ0) is 33.9. The molecule has 0 aliphatic carbocycles. The van der Waals surface area contributed by atoms with E-state index in [0.29, 0.717) is 18.6 Å². The number of aliphatic hydroxyl groups excluding tert-OH is 1. The van der Waals surface area contributed by atoms with Crippen LogP contribution in [-0.4, -0.2) is 77.6 Å². The number of ether oxygens (including phenoxy) is 1. The van der Waals surface area contributed by atoms with Crippen molar-refractivity contribution < 1.29 is 29.0 Å². The van der Waals surface area contributed by atoms with Gasteiger partial charge in [0.1, 0.15) is 11.8 Å². The van der Waals surface area contributed by atoms with Crippen LogP contribution >= 0.6 is 0 Å². The maximum atomic E-state index is 13.8. The van der Waals surface area contributed by atoms with E-state index < -0.39 is 36.2 Å². The van der Waals surface area contributed by atoms with Gasteiger partial charge in [-0.3, -0.25) is 14.4 Å². The number of para-hydroxylation sites is 1. The molecule has 10 nitrogen and oxygen atoms in total. The van der Waals surface area contributed by atoms with Crippen molar-refractivity contribution in [2.45, 2.75) is 71.2 Å². The smallest absolute Gasteiger partial charge is 0.318 e. The lowest BCUT2D eigenvalue weighted by Crippen LogP contribution is -2.61. The third-order valence-corrected chi connectivity index (χ3v) is 8.34. The average molecular weight is 643 g/mol. The maximum absolute atomic E-state index is 13.8. The second-order valence-electron chi connectivity index (χ2n) is 12.6. The van der Waals surface area contributed by atoms with E-state index in [4.69, 9.17) is 4.74 Å². The molecule has 0 aromatic heterocycles. The molecule has 0 spiro atoms. The van der Waals surface area contributed by atoms with Crippen LogP contribution in [0, 0.1) is 19.8 Å². The zero-order valence-corrected chi connectivity index (χ0v) is 27.6. The Bertz CT molecular complexity index is 1490. The topological polar surface area (TPSA) is 137 Å². The number of Topliss-reactive ketones (excluding diaryl/α,β-unsaturated/α-hetero) is 1. The van der Waals surface area contributed by atoms with Crippen molar-refractivity contribution in [2.75, 3.05) is 19.7 Å². The van der Waals surface area contributed by atoms with E-state index in [1.165, 1.54) is 4.90 Å². The number of aliphatic hydroxyl groups is 1. The second kappa shape index (κ2) is 16.7. The highest BCUT2D eigenvalue weighted by Gasteiger charge is 2.37. The van der Waals surface area contributed by atoms with Crippen molar-refractivity contribution in [1.82, 2.24) is 20.9 Å². The quantitative estimate of drug-likeness (QED) is 0.200. The fourth-order valence-electron chi connectivity index (χ4n) is 6.02. The van der Waals surface area contributed by atoms with Gasteiger partial charge in [-0.25, -0.2) is 4.79 Å². The van der Waals surface area contributed by atoms with E-state index >= 15 is 0 Å². The number of ketones is 1. The van der Waals surface area contributed by atoms with Crippen LogP contribution in [0.5, 0.6) is 5.75 Å². The van der Waals surface area contributed by atoms with Gasteiger partial charge in [0.25, 0.3) is 5.91 Å². The monoisotopic (exact) mass is 642 g/mol. The molecule has 0 bridgehead atoms. The number of aryl methyl sites for hydroxylation is 2. The van der Waals surface area contributed by atoms with Gasteiger partial charge >= 0.3 is 6.03 Å². The van der Waals surface area contributed by atoms with E-state index in [2.05, 4.69) is 16.0 Å². The molecule has 0 unspecified atom stereocenters. The molecule has 0 radical (unpaired) electrons. The van der Waals surface area contributed by atoms with Gasteiger partial charge in [0, 0.05) is 6.04 Å². The van der Waals surface area contributed by atoms with Gasteiger partial charge in [0.15, 0.2) is 12.4 Å². The number of rotatable bonds is 15. The summed E-state index contributed by atoms with van der Waals surface area (Å²) in [5, 5.41) is 20.3. The molecule has 4 rings (SSSR count). The Morgan fingerprint density at radius 1 is 0.872 bits per heavy atom. The Kier molecular flexibility index (Phi) is 12.5. The Morgan fingerprint density at radius 2 is 1.47 bits per heavy atom. The number of hydrogen-bond donors (Lipinski definition) is 4. The van der Waals surface area contributed by atoms with Crippen LogP contribution in [0.4, 0.5) is 4.79 Å². The van der Waals surface area contributed by atoms with Gasteiger partial charge in [0.2, 0.25) is 5.91 Å². The summed E-state index contributed by atoms with van der Waals surface area (Å²) in [5.74, 6) is -0.603. The molecule has 3 aromatic rings. The summed E-state index contributed by atoms with van der Waals surface area (Å²) in [4.78, 5) is 53.2. The molecule has 47 heavy (non-hydrogen) atoms. The first kappa shape index (κ1) is 35.2. The molecule has 1 fully saturated rings. The molecule has 1 heterocycles. The van der Waals surface area contributed by atoms with Crippen LogP contribution in [0.1, 0.15) is 42.5 Å². The predicted octanol–water partition coefficient (Wildman–Crippen LogP) is 3.51. The second-order valence-corrected chi connectivity index (χ2v) is 12.6. The van der Waals surface area contributed by atoms with Crippen molar-refractivity contribution in [1.29, 1.82) is 0 Å². The molecule has 1 aliphatic rings. The molecule has 1 aliphatic heterocycles. The van der Waals surface area contributed by atoms with E-state index in [-0.39, 0.29) is 43.7 Å². The van der Waals surface area contributed by atoms with Crippen LogP contribution in [0.25, 0.3) is 0 Å². The van der Waals surface area contributed by atoms with E-state index in [1.54, 1.807) is 0 Å². The van der Waals surface area contributed by atoms with Crippen molar-refractivity contribution in [3.05, 3.63) is 101 Å². The average Bonchev–Trinajstić information content (AvgIpc) is 3.03. The lowest BCUT2D eigenvalue weighted by Gasteiger charge is -2.36. The number of nitrogens with one attached hydrogen (secondary N) is 3. The largest absolute Gasteiger partial charge is 0.483 e. The standard InChI is InChI=1S/C37H46N4O6/c1-24(2)34(41-22-30(42)21-38-37(41)46)36(45)39-29(18-27-14-7-5-8-15-27)20-32(43)31(19-28-16-9-6-10-17-28)40-33(44)23-47-35-25(3)12-11-13-26(35)4/h5-17,24,29,31-32,34,43H,18-23H2,1-4H3,(H,38,46)(H,39,45)(H,40,44)/t29-,31-,32-,34-/m0/s1. The van der Waals surface area contributed by atoms with E-state index in [9.17, 15) is 24.3 Å². The van der Waals surface area contributed by atoms with Gasteiger partial charge in [-0.05, 0) is 61.3 Å². The molecular formula is C37H46N4O6. The third kappa shape index (κ3) is 10.1. The summed E-state index contributed by atoms with van der Waals surface area (Å²) in [6.45, 7) is 7.05. The Labute approximate surface area is 276 Å².